The van der Waals surface area contributed by atoms with Gasteiger partial charge in [-0.3, -0.25) is 0 Å². The summed E-state index contributed by atoms with van der Waals surface area (Å²) in [6, 6.07) is 19.4. The molecule has 0 heterocycles. The van der Waals surface area contributed by atoms with E-state index in [0.29, 0.717) is 328 Å². The highest BCUT2D eigenvalue weighted by molar-refractivity contribution is 5.21. The second kappa shape index (κ2) is 87.0. The quantitative estimate of drug-likeness (QED) is 0.0558. The van der Waals surface area contributed by atoms with Crippen molar-refractivity contribution in [2.24, 2.45) is 23.7 Å². The molecule has 0 fully saturated rings. The molecule has 2 rings (SSSR count). The van der Waals surface area contributed by atoms with E-state index in [1.165, 1.54) is 0 Å². The lowest BCUT2D eigenvalue weighted by Gasteiger charge is -2.19. The van der Waals surface area contributed by atoms with E-state index in [0.717, 1.165) is 63.2 Å². The largest absolute Gasteiger partial charge is 0.491 e. The van der Waals surface area contributed by atoms with Gasteiger partial charge in [-0.15, -0.1) is 0 Å². The molecule has 27 heteroatoms. The lowest BCUT2D eigenvalue weighted by atomic mass is 10.1. The Balaban J connectivity index is 0.00000208. The molecule has 2 aromatic carbocycles. The van der Waals surface area contributed by atoms with Gasteiger partial charge in [-0.25, -0.2) is 0 Å². The van der Waals surface area contributed by atoms with Gasteiger partial charge in [0.25, 0.3) is 0 Å². The molecule has 0 aliphatic carbocycles. The van der Waals surface area contributed by atoms with Gasteiger partial charge < -0.3 is 129 Å². The van der Waals surface area contributed by atoms with E-state index in [-0.39, 0.29) is 17.7 Å². The van der Waals surface area contributed by atoms with Gasteiger partial charge in [0.2, 0.25) is 0 Å². The monoisotopic (exact) mass is 1540 g/mol. The van der Waals surface area contributed by atoms with Gasteiger partial charge in [0.05, 0.1) is 303 Å². The molecule has 0 saturated heterocycles. The summed E-state index contributed by atoms with van der Waals surface area (Å²) < 4.78 is 146. The van der Waals surface area contributed by atoms with Crippen LogP contribution in [-0.2, 0) is 114 Å². The Kier molecular flexibility index (Phi) is 84.6. The minimum absolute atomic E-state index is 0. The maximum atomic E-state index is 6.05. The molecule has 0 bridgehead atoms. The second-order valence-corrected chi connectivity index (χ2v) is 26.0. The Labute approximate surface area is 645 Å². The molecule has 0 spiro atoms. The first-order valence-electron chi connectivity index (χ1n) is 39.4. The molecule has 632 valence electrons. The van der Waals surface area contributed by atoms with Crippen LogP contribution >= 0.6 is 0 Å². The summed E-state index contributed by atoms with van der Waals surface area (Å²) in [6.07, 6.45) is 6.26. The molecule has 0 aliphatic rings. The number of rotatable bonds is 86. The molecule has 0 aliphatic heterocycles. The first kappa shape index (κ1) is 104. The van der Waals surface area contributed by atoms with Gasteiger partial charge >= 0.3 is 0 Å². The van der Waals surface area contributed by atoms with Gasteiger partial charge in [0.15, 0.2) is 0 Å². The zero-order chi connectivity index (χ0) is 76.3. The van der Waals surface area contributed by atoms with Crippen molar-refractivity contribution < 1.29 is 129 Å². The molecule has 2 aromatic rings. The van der Waals surface area contributed by atoms with Crippen LogP contribution in [0.15, 0.2) is 60.7 Å². The van der Waals surface area contributed by atoms with Crippen LogP contribution < -0.4 is 9.47 Å². The average Bonchev–Trinajstić information content (AvgIpc) is 1.07. The van der Waals surface area contributed by atoms with Gasteiger partial charge in [0.1, 0.15) is 24.7 Å². The highest BCUT2D eigenvalue weighted by Gasteiger charge is 2.13. The lowest BCUT2D eigenvalue weighted by Crippen LogP contribution is -2.24. The summed E-state index contributed by atoms with van der Waals surface area (Å²) in [7, 11) is 0. The zero-order valence-electron chi connectivity index (χ0n) is 67.5. The van der Waals surface area contributed by atoms with Crippen LogP contribution in [0.1, 0.15) is 93.9 Å². The van der Waals surface area contributed by atoms with Crippen molar-refractivity contribution in [1.82, 2.24) is 0 Å². The fourth-order valence-electron chi connectivity index (χ4n) is 8.72. The molecule has 0 aromatic heterocycles. The van der Waals surface area contributed by atoms with Crippen LogP contribution in [0.5, 0.6) is 11.5 Å². The van der Waals surface area contributed by atoms with Gasteiger partial charge in [-0.2, -0.15) is 0 Å². The highest BCUT2D eigenvalue weighted by Crippen LogP contribution is 2.13. The molecular weight excluding hydrogens is 1390 g/mol. The SMILES string of the molecule is CC(C)CCOCCOCCOCCOCCOCCOCCOCC(CCC(C)C)OCCOCCOCCOCCOCCOc1ccccc1.CC(C)CCOCCOCCOCCOCCOCCOCCOCC(CCC(C)C)OCCOCCOCCOCCOCCOc1ccccc1.O. The van der Waals surface area contributed by atoms with E-state index in [4.69, 9.17) is 123 Å². The first-order valence-corrected chi connectivity index (χ1v) is 39.4. The molecule has 2 atom stereocenters. The van der Waals surface area contributed by atoms with Crippen LogP contribution in [-0.4, -0.2) is 335 Å². The number of benzene rings is 2. The molecule has 27 nitrogen and oxygen atoms in total. The van der Waals surface area contributed by atoms with E-state index in [9.17, 15) is 0 Å². The van der Waals surface area contributed by atoms with Crippen molar-refractivity contribution in [3.8, 4) is 11.5 Å². The van der Waals surface area contributed by atoms with Crippen LogP contribution in [0.2, 0.25) is 0 Å². The zero-order valence-corrected chi connectivity index (χ0v) is 67.5. The molecule has 0 saturated carbocycles. The van der Waals surface area contributed by atoms with E-state index in [1.807, 2.05) is 60.7 Å². The normalized spacial score (nSPS) is 12.2. The first-order chi connectivity index (χ1) is 52.2. The standard InChI is InChI=1S/2C40H74O13.H2O/c2*1-37(2)10-11-40(53-35-33-50-29-27-47-23-22-46-26-28-49-32-34-52-39-8-6-5-7-9-39)36-51-31-30-48-25-24-45-21-20-44-19-18-43-17-16-42-15-14-41-13-12-38(3)4;/h2*5-9,37-38,40H,10-36H2,1-4H3;1H2. The molecule has 2 unspecified atom stereocenters. The van der Waals surface area contributed by atoms with Gasteiger partial charge in [-0.05, 0) is 86.5 Å². The molecule has 107 heavy (non-hydrogen) atoms. The minimum atomic E-state index is 0. The number of hydrogen-bond donors (Lipinski definition) is 0. The van der Waals surface area contributed by atoms with Crippen LogP contribution in [0.4, 0.5) is 0 Å². The lowest BCUT2D eigenvalue weighted by molar-refractivity contribution is -0.0597. The number of para-hydroxylation sites is 2. The van der Waals surface area contributed by atoms with Gasteiger partial charge in [0, 0.05) is 13.2 Å². The third-order valence-electron chi connectivity index (χ3n) is 14.8. The third kappa shape index (κ3) is 85.3. The smallest absolute Gasteiger partial charge is 0.119 e. The van der Waals surface area contributed by atoms with Crippen LogP contribution in [0, 0.1) is 23.7 Å². The van der Waals surface area contributed by atoms with E-state index < -0.39 is 0 Å². The summed E-state index contributed by atoms with van der Waals surface area (Å²) in [5.74, 6) is 4.23. The van der Waals surface area contributed by atoms with Crippen molar-refractivity contribution in [2.45, 2.75) is 106 Å². The average molecular weight is 1540 g/mol. The second-order valence-electron chi connectivity index (χ2n) is 26.0. The minimum Gasteiger partial charge on any atom is -0.491 e. The number of hydrogen-bond acceptors (Lipinski definition) is 26. The predicted octanol–water partition coefficient (Wildman–Crippen LogP) is 9.41. The maximum Gasteiger partial charge on any atom is 0.119 e. The number of ether oxygens (including phenoxy) is 26. The summed E-state index contributed by atoms with van der Waals surface area (Å²) in [5, 5.41) is 0. The maximum absolute atomic E-state index is 6.05. The van der Waals surface area contributed by atoms with Crippen LogP contribution in [0.25, 0.3) is 0 Å². The van der Waals surface area contributed by atoms with Crippen molar-refractivity contribution in [2.75, 3.05) is 317 Å². The fourth-order valence-corrected chi connectivity index (χ4v) is 8.72. The summed E-state index contributed by atoms with van der Waals surface area (Å²) in [6.45, 7) is 43.6. The van der Waals surface area contributed by atoms with E-state index >= 15 is 0 Å². The molecule has 0 radical (unpaired) electrons. The summed E-state index contributed by atoms with van der Waals surface area (Å²) in [4.78, 5) is 0. The Hall–Kier alpha value is -2.96. The Morgan fingerprint density at radius 2 is 0.346 bits per heavy atom. The summed E-state index contributed by atoms with van der Waals surface area (Å²) >= 11 is 0. The van der Waals surface area contributed by atoms with E-state index in [2.05, 4.69) is 55.4 Å². The Morgan fingerprint density at radius 3 is 0.542 bits per heavy atom. The van der Waals surface area contributed by atoms with Gasteiger partial charge in [-0.1, -0.05) is 91.8 Å². The molecular formula is C80H150O27. The molecule has 2 N–H and O–H groups in total. The third-order valence-corrected chi connectivity index (χ3v) is 14.8. The van der Waals surface area contributed by atoms with Crippen molar-refractivity contribution in [1.29, 1.82) is 0 Å². The molecule has 0 amide bonds. The predicted molar refractivity (Wildman–Crippen MR) is 412 cm³/mol. The van der Waals surface area contributed by atoms with Crippen molar-refractivity contribution in [3.63, 3.8) is 0 Å². The summed E-state index contributed by atoms with van der Waals surface area (Å²) in [5.41, 5.74) is 0. The Morgan fingerprint density at radius 1 is 0.178 bits per heavy atom. The highest BCUT2D eigenvalue weighted by atomic mass is 16.6. The Bertz CT molecular complexity index is 1810. The van der Waals surface area contributed by atoms with Crippen molar-refractivity contribution >= 4 is 0 Å². The fraction of sp³-hybridized carbons (Fsp3) is 0.850. The topological polar surface area (TPSA) is 271 Å². The van der Waals surface area contributed by atoms with Crippen molar-refractivity contribution in [3.05, 3.63) is 60.7 Å². The van der Waals surface area contributed by atoms with Crippen LogP contribution in [0.3, 0.4) is 0 Å². The van der Waals surface area contributed by atoms with E-state index in [1.54, 1.807) is 0 Å².